The van der Waals surface area contributed by atoms with Crippen LogP contribution in [0.25, 0.3) is 0 Å². The third kappa shape index (κ3) is 3.78. The zero-order valence-corrected chi connectivity index (χ0v) is 10.9. The molecule has 1 heterocycles. The van der Waals surface area contributed by atoms with Crippen molar-refractivity contribution in [2.24, 2.45) is 5.92 Å². The molecule has 94 valence electrons. The van der Waals surface area contributed by atoms with Gasteiger partial charge in [0, 0.05) is 6.04 Å². The minimum atomic E-state index is 0.0468. The third-order valence-corrected chi connectivity index (χ3v) is 3.75. The molecule has 0 aliphatic carbocycles. The Balaban J connectivity index is 2.37. The van der Waals surface area contributed by atoms with E-state index in [1.807, 2.05) is 0 Å². The lowest BCUT2D eigenvalue weighted by Gasteiger charge is -2.27. The second-order valence-corrected chi connectivity index (χ2v) is 4.88. The zero-order chi connectivity index (χ0) is 12.0. The number of rotatable bonds is 5. The van der Waals surface area contributed by atoms with Gasteiger partial charge >= 0.3 is 0 Å². The van der Waals surface area contributed by atoms with E-state index in [4.69, 9.17) is 0 Å². The van der Waals surface area contributed by atoms with Gasteiger partial charge in [-0.15, -0.1) is 0 Å². The molecule has 1 unspecified atom stereocenters. The van der Waals surface area contributed by atoms with Crippen molar-refractivity contribution in [1.29, 1.82) is 0 Å². The molecule has 0 aromatic rings. The molecule has 2 atom stereocenters. The summed E-state index contributed by atoms with van der Waals surface area (Å²) in [5.41, 5.74) is 0. The molecule has 1 saturated heterocycles. The van der Waals surface area contributed by atoms with Crippen LogP contribution in [0.5, 0.6) is 0 Å². The van der Waals surface area contributed by atoms with E-state index in [0.717, 1.165) is 25.8 Å². The van der Waals surface area contributed by atoms with E-state index in [2.05, 4.69) is 31.4 Å². The van der Waals surface area contributed by atoms with E-state index in [1.54, 1.807) is 0 Å². The molecule has 0 radical (unpaired) electrons. The summed E-state index contributed by atoms with van der Waals surface area (Å²) in [6.07, 6.45) is 5.63. The molecule has 2 N–H and O–H groups in total. The van der Waals surface area contributed by atoms with Gasteiger partial charge in [-0.1, -0.05) is 33.1 Å². The van der Waals surface area contributed by atoms with Crippen LogP contribution in [-0.4, -0.2) is 24.5 Å². The van der Waals surface area contributed by atoms with Crippen LogP contribution in [-0.2, 0) is 4.79 Å². The van der Waals surface area contributed by atoms with E-state index in [0.29, 0.717) is 12.0 Å². The van der Waals surface area contributed by atoms with Crippen LogP contribution < -0.4 is 10.6 Å². The maximum atomic E-state index is 12.0. The fourth-order valence-electron chi connectivity index (χ4n) is 2.51. The number of carbonyl (C=O) groups is 1. The summed E-state index contributed by atoms with van der Waals surface area (Å²) in [5, 5.41) is 6.44. The molecule has 0 bridgehead atoms. The molecule has 0 saturated carbocycles. The average molecular weight is 226 g/mol. The highest BCUT2D eigenvalue weighted by atomic mass is 16.2. The van der Waals surface area contributed by atoms with Gasteiger partial charge in [0.25, 0.3) is 0 Å². The van der Waals surface area contributed by atoms with Gasteiger partial charge in [0.1, 0.15) is 0 Å². The van der Waals surface area contributed by atoms with Crippen molar-refractivity contribution in [3.05, 3.63) is 0 Å². The first-order valence-corrected chi connectivity index (χ1v) is 6.72. The highest BCUT2D eigenvalue weighted by molar-refractivity contribution is 5.82. The molecular weight excluding hydrogens is 200 g/mol. The molecule has 1 rings (SSSR count). The summed E-state index contributed by atoms with van der Waals surface area (Å²) in [7, 11) is 0. The maximum Gasteiger partial charge on any atom is 0.237 e. The van der Waals surface area contributed by atoms with Crippen molar-refractivity contribution in [3.63, 3.8) is 0 Å². The number of hydrogen-bond donors (Lipinski definition) is 2. The molecule has 3 nitrogen and oxygen atoms in total. The second-order valence-electron chi connectivity index (χ2n) is 4.88. The molecule has 0 aromatic heterocycles. The van der Waals surface area contributed by atoms with E-state index >= 15 is 0 Å². The first kappa shape index (κ1) is 13.5. The predicted molar refractivity (Wildman–Crippen MR) is 67.3 cm³/mol. The molecule has 1 fully saturated rings. The van der Waals surface area contributed by atoms with Crippen LogP contribution in [0, 0.1) is 5.92 Å². The zero-order valence-electron chi connectivity index (χ0n) is 10.9. The fraction of sp³-hybridized carbons (Fsp3) is 0.923. The lowest BCUT2D eigenvalue weighted by molar-refractivity contribution is -0.124. The van der Waals surface area contributed by atoms with Crippen LogP contribution in [0.1, 0.15) is 52.9 Å². The van der Waals surface area contributed by atoms with Gasteiger partial charge in [-0.05, 0) is 32.2 Å². The molecule has 1 aliphatic rings. The van der Waals surface area contributed by atoms with Gasteiger partial charge in [0.15, 0.2) is 0 Å². The smallest absolute Gasteiger partial charge is 0.237 e. The first-order chi connectivity index (χ1) is 7.69. The molecule has 0 aromatic carbocycles. The van der Waals surface area contributed by atoms with Crippen molar-refractivity contribution < 1.29 is 4.79 Å². The Morgan fingerprint density at radius 2 is 2.06 bits per heavy atom. The quantitative estimate of drug-likeness (QED) is 0.753. The minimum Gasteiger partial charge on any atom is -0.352 e. The van der Waals surface area contributed by atoms with Gasteiger partial charge in [-0.2, -0.15) is 0 Å². The summed E-state index contributed by atoms with van der Waals surface area (Å²) in [5.74, 6) is 0.798. The third-order valence-electron chi connectivity index (χ3n) is 3.75. The molecule has 16 heavy (non-hydrogen) atoms. The number of hydrogen-bond acceptors (Lipinski definition) is 2. The van der Waals surface area contributed by atoms with E-state index < -0.39 is 0 Å². The Labute approximate surface area is 99.4 Å². The summed E-state index contributed by atoms with van der Waals surface area (Å²) >= 11 is 0. The van der Waals surface area contributed by atoms with E-state index in [1.165, 1.54) is 12.8 Å². The second kappa shape index (κ2) is 6.89. The van der Waals surface area contributed by atoms with Crippen LogP contribution in [0.4, 0.5) is 0 Å². The minimum absolute atomic E-state index is 0.0468. The number of nitrogens with one attached hydrogen (secondary N) is 2. The van der Waals surface area contributed by atoms with Crippen LogP contribution in [0.15, 0.2) is 0 Å². The number of carbonyl (C=O) groups excluding carboxylic acids is 1. The lowest BCUT2D eigenvalue weighted by Crippen LogP contribution is -2.50. The van der Waals surface area contributed by atoms with E-state index in [-0.39, 0.29) is 11.9 Å². The number of amides is 1. The molecule has 1 amide bonds. The van der Waals surface area contributed by atoms with Gasteiger partial charge in [0.05, 0.1) is 6.04 Å². The van der Waals surface area contributed by atoms with E-state index in [9.17, 15) is 4.79 Å². The predicted octanol–water partition coefficient (Wildman–Crippen LogP) is 2.07. The first-order valence-electron chi connectivity index (χ1n) is 6.72. The summed E-state index contributed by atoms with van der Waals surface area (Å²) in [6, 6.07) is 0.344. The highest BCUT2D eigenvalue weighted by Gasteiger charge is 2.23. The van der Waals surface area contributed by atoms with Gasteiger partial charge in [-0.25, -0.2) is 0 Å². The average Bonchev–Trinajstić information content (AvgIpc) is 2.31. The SMILES string of the molecule is CCC(CC)C(C)NC(=O)[C@H]1CCCCN1. The van der Waals surface area contributed by atoms with Crippen LogP contribution in [0.3, 0.4) is 0 Å². The topological polar surface area (TPSA) is 41.1 Å². The largest absolute Gasteiger partial charge is 0.352 e. The van der Waals surface area contributed by atoms with Crippen molar-refractivity contribution in [3.8, 4) is 0 Å². The van der Waals surface area contributed by atoms with Crippen molar-refractivity contribution in [1.82, 2.24) is 10.6 Å². The van der Waals surface area contributed by atoms with Gasteiger partial charge in [0.2, 0.25) is 5.91 Å². The summed E-state index contributed by atoms with van der Waals surface area (Å²) < 4.78 is 0. The molecule has 0 spiro atoms. The summed E-state index contributed by atoms with van der Waals surface area (Å²) in [4.78, 5) is 12.0. The molecular formula is C13H26N2O. The molecule has 1 aliphatic heterocycles. The van der Waals surface area contributed by atoms with Crippen LogP contribution >= 0.6 is 0 Å². The monoisotopic (exact) mass is 226 g/mol. The Bertz CT molecular complexity index is 208. The Morgan fingerprint density at radius 1 is 1.38 bits per heavy atom. The maximum absolute atomic E-state index is 12.0. The lowest BCUT2D eigenvalue weighted by atomic mass is 9.95. The van der Waals surface area contributed by atoms with Gasteiger partial charge < -0.3 is 10.6 Å². The Morgan fingerprint density at radius 3 is 2.56 bits per heavy atom. The fourth-order valence-corrected chi connectivity index (χ4v) is 2.51. The highest BCUT2D eigenvalue weighted by Crippen LogP contribution is 2.13. The standard InChI is InChI=1S/C13H26N2O/c1-4-11(5-2)10(3)15-13(16)12-8-6-7-9-14-12/h10-12,14H,4-9H2,1-3H3,(H,15,16)/t10?,12-/m1/s1. The van der Waals surface area contributed by atoms with Crippen molar-refractivity contribution in [2.45, 2.75) is 65.0 Å². The Hall–Kier alpha value is -0.570. The molecule has 3 heteroatoms. The van der Waals surface area contributed by atoms with Crippen LogP contribution in [0.2, 0.25) is 0 Å². The summed E-state index contributed by atoms with van der Waals surface area (Å²) in [6.45, 7) is 7.49. The van der Waals surface area contributed by atoms with Crippen molar-refractivity contribution >= 4 is 5.91 Å². The van der Waals surface area contributed by atoms with Crippen molar-refractivity contribution in [2.75, 3.05) is 6.54 Å². The van der Waals surface area contributed by atoms with Gasteiger partial charge in [-0.3, -0.25) is 4.79 Å². The normalized spacial score (nSPS) is 23.1. The Kier molecular flexibility index (Phi) is 5.81. The number of piperidine rings is 1.